The Morgan fingerprint density at radius 2 is 1.68 bits per heavy atom. The Morgan fingerprint density at radius 3 is 2.32 bits per heavy atom. The zero-order valence-electron chi connectivity index (χ0n) is 9.63. The van der Waals surface area contributed by atoms with Gasteiger partial charge in [-0.1, -0.05) is 23.2 Å². The number of nitrogen functional groups attached to an aromatic ring is 1. The fraction of sp³-hybridized carbons (Fsp3) is 0.0769. The van der Waals surface area contributed by atoms with Gasteiger partial charge in [0.1, 0.15) is 0 Å². The lowest BCUT2D eigenvalue weighted by molar-refractivity contribution is 0.152. The molecule has 0 saturated heterocycles. The summed E-state index contributed by atoms with van der Waals surface area (Å²) in [4.78, 5) is 0. The molecule has 0 aromatic heterocycles. The third kappa shape index (κ3) is 3.28. The molecule has 2 aromatic carbocycles. The molecule has 0 aliphatic heterocycles. The van der Waals surface area contributed by atoms with Crippen LogP contribution in [-0.4, -0.2) is 0 Å². The standard InChI is InChI=1S/C13H10Cl2F2N2/c14-7-1-3-12(10(15)5-7)19-11-4-2-8(18)6-9(11)13(16)17/h1-6,13,19H,18H2. The third-order valence-electron chi connectivity index (χ3n) is 2.51. The van der Waals surface area contributed by atoms with E-state index in [4.69, 9.17) is 28.9 Å². The van der Waals surface area contributed by atoms with E-state index in [1.807, 2.05) is 0 Å². The van der Waals surface area contributed by atoms with Gasteiger partial charge in [-0.05, 0) is 36.4 Å². The van der Waals surface area contributed by atoms with Crippen molar-refractivity contribution in [2.45, 2.75) is 6.43 Å². The number of hydrogen-bond acceptors (Lipinski definition) is 2. The van der Waals surface area contributed by atoms with E-state index >= 15 is 0 Å². The molecule has 0 heterocycles. The predicted molar refractivity (Wildman–Crippen MR) is 75.6 cm³/mol. The molecular formula is C13H10Cl2F2N2. The molecule has 0 amide bonds. The number of rotatable bonds is 3. The van der Waals surface area contributed by atoms with E-state index in [1.165, 1.54) is 24.3 Å². The maximum Gasteiger partial charge on any atom is 0.265 e. The van der Waals surface area contributed by atoms with Crippen LogP contribution in [0.2, 0.25) is 10.0 Å². The topological polar surface area (TPSA) is 38.0 Å². The van der Waals surface area contributed by atoms with Gasteiger partial charge in [-0.3, -0.25) is 0 Å². The average Bonchev–Trinajstić information content (AvgIpc) is 2.34. The molecule has 0 fully saturated rings. The smallest absolute Gasteiger partial charge is 0.265 e. The van der Waals surface area contributed by atoms with Gasteiger partial charge < -0.3 is 11.1 Å². The van der Waals surface area contributed by atoms with Crippen LogP contribution in [0.1, 0.15) is 12.0 Å². The Balaban J connectivity index is 2.38. The molecule has 3 N–H and O–H groups in total. The monoisotopic (exact) mass is 302 g/mol. The van der Waals surface area contributed by atoms with Gasteiger partial charge in [-0.15, -0.1) is 0 Å². The summed E-state index contributed by atoms with van der Waals surface area (Å²) < 4.78 is 25.9. The molecule has 0 unspecified atom stereocenters. The van der Waals surface area contributed by atoms with Gasteiger partial charge in [-0.25, -0.2) is 8.78 Å². The van der Waals surface area contributed by atoms with Crippen LogP contribution >= 0.6 is 23.2 Å². The summed E-state index contributed by atoms with van der Waals surface area (Å²) in [7, 11) is 0. The number of hydrogen-bond donors (Lipinski definition) is 2. The van der Waals surface area contributed by atoms with Gasteiger partial charge in [0.25, 0.3) is 6.43 Å². The number of anilines is 3. The van der Waals surface area contributed by atoms with Crippen molar-refractivity contribution in [2.24, 2.45) is 0 Å². The molecular weight excluding hydrogens is 293 g/mol. The molecule has 0 atom stereocenters. The quantitative estimate of drug-likeness (QED) is 0.759. The number of halogens is 4. The summed E-state index contributed by atoms with van der Waals surface area (Å²) in [5.74, 6) is 0. The van der Waals surface area contributed by atoms with E-state index in [0.29, 0.717) is 15.7 Å². The molecule has 6 heteroatoms. The van der Waals surface area contributed by atoms with Crippen molar-refractivity contribution in [1.29, 1.82) is 0 Å². The second kappa shape index (κ2) is 5.63. The first-order chi connectivity index (χ1) is 8.97. The van der Waals surface area contributed by atoms with Crippen LogP contribution in [0.15, 0.2) is 36.4 Å². The van der Waals surface area contributed by atoms with E-state index < -0.39 is 6.43 Å². The van der Waals surface area contributed by atoms with E-state index in [-0.39, 0.29) is 16.9 Å². The van der Waals surface area contributed by atoms with Gasteiger partial charge in [0.15, 0.2) is 0 Å². The summed E-state index contributed by atoms with van der Waals surface area (Å²) in [6.07, 6.45) is -2.63. The molecule has 0 saturated carbocycles. The first-order valence-corrected chi connectivity index (χ1v) is 6.12. The maximum absolute atomic E-state index is 12.9. The molecule has 2 rings (SSSR count). The van der Waals surface area contributed by atoms with Crippen LogP contribution in [0.25, 0.3) is 0 Å². The predicted octanol–water partition coefficient (Wildman–Crippen LogP) is 5.26. The lowest BCUT2D eigenvalue weighted by Gasteiger charge is -2.13. The minimum atomic E-state index is -2.63. The SMILES string of the molecule is Nc1ccc(Nc2ccc(Cl)cc2Cl)c(C(F)F)c1. The lowest BCUT2D eigenvalue weighted by atomic mass is 10.1. The number of benzene rings is 2. The summed E-state index contributed by atoms with van der Waals surface area (Å²) in [6.45, 7) is 0. The second-order valence-corrected chi connectivity index (χ2v) is 4.74. The highest BCUT2D eigenvalue weighted by molar-refractivity contribution is 6.36. The van der Waals surface area contributed by atoms with Gasteiger partial charge in [0.2, 0.25) is 0 Å². The molecule has 0 aliphatic carbocycles. The van der Waals surface area contributed by atoms with Crippen molar-refractivity contribution in [1.82, 2.24) is 0 Å². The molecule has 0 aliphatic rings. The van der Waals surface area contributed by atoms with Crippen molar-refractivity contribution in [3.8, 4) is 0 Å². The fourth-order valence-corrected chi connectivity index (χ4v) is 2.07. The molecule has 100 valence electrons. The third-order valence-corrected chi connectivity index (χ3v) is 3.06. The zero-order chi connectivity index (χ0) is 14.0. The van der Waals surface area contributed by atoms with Crippen LogP contribution in [-0.2, 0) is 0 Å². The minimum Gasteiger partial charge on any atom is -0.399 e. The second-order valence-electron chi connectivity index (χ2n) is 3.90. The Bertz CT molecular complexity index is 603. The van der Waals surface area contributed by atoms with Gasteiger partial charge in [-0.2, -0.15) is 0 Å². The highest BCUT2D eigenvalue weighted by Crippen LogP contribution is 2.34. The van der Waals surface area contributed by atoms with Gasteiger partial charge in [0.05, 0.1) is 10.7 Å². The lowest BCUT2D eigenvalue weighted by Crippen LogP contribution is -1.99. The van der Waals surface area contributed by atoms with Crippen molar-refractivity contribution < 1.29 is 8.78 Å². The van der Waals surface area contributed by atoms with E-state index in [0.717, 1.165) is 0 Å². The van der Waals surface area contributed by atoms with Crippen molar-refractivity contribution in [3.63, 3.8) is 0 Å². The van der Waals surface area contributed by atoms with E-state index in [9.17, 15) is 8.78 Å². The van der Waals surface area contributed by atoms with Gasteiger partial charge in [0, 0.05) is 22.0 Å². The van der Waals surface area contributed by atoms with E-state index in [2.05, 4.69) is 5.32 Å². The zero-order valence-corrected chi connectivity index (χ0v) is 11.1. The largest absolute Gasteiger partial charge is 0.399 e. The highest BCUT2D eigenvalue weighted by atomic mass is 35.5. The molecule has 0 spiro atoms. The van der Waals surface area contributed by atoms with Crippen LogP contribution in [0.3, 0.4) is 0 Å². The normalized spacial score (nSPS) is 10.8. The summed E-state index contributed by atoms with van der Waals surface area (Å²) >= 11 is 11.8. The number of alkyl halides is 2. The van der Waals surface area contributed by atoms with E-state index in [1.54, 1.807) is 12.1 Å². The van der Waals surface area contributed by atoms with Crippen LogP contribution in [0.5, 0.6) is 0 Å². The van der Waals surface area contributed by atoms with Crippen LogP contribution in [0, 0.1) is 0 Å². The molecule has 2 nitrogen and oxygen atoms in total. The summed E-state index contributed by atoms with van der Waals surface area (Å²) in [5.41, 5.74) is 6.37. The number of nitrogens with one attached hydrogen (secondary N) is 1. The Hall–Kier alpha value is -1.52. The minimum absolute atomic E-state index is 0.175. The average molecular weight is 303 g/mol. The molecule has 19 heavy (non-hydrogen) atoms. The first-order valence-electron chi connectivity index (χ1n) is 5.37. The number of nitrogens with two attached hydrogens (primary N) is 1. The van der Waals surface area contributed by atoms with Crippen LogP contribution < -0.4 is 11.1 Å². The summed E-state index contributed by atoms with van der Waals surface area (Å²) in [5, 5.41) is 3.68. The molecule has 0 radical (unpaired) electrons. The van der Waals surface area contributed by atoms with Crippen molar-refractivity contribution >= 4 is 40.3 Å². The maximum atomic E-state index is 12.9. The molecule has 0 bridgehead atoms. The van der Waals surface area contributed by atoms with Crippen molar-refractivity contribution in [2.75, 3.05) is 11.1 Å². The van der Waals surface area contributed by atoms with Crippen molar-refractivity contribution in [3.05, 3.63) is 52.0 Å². The highest BCUT2D eigenvalue weighted by Gasteiger charge is 2.14. The fourth-order valence-electron chi connectivity index (χ4n) is 1.61. The Morgan fingerprint density at radius 1 is 1.00 bits per heavy atom. The Kier molecular flexibility index (Phi) is 4.12. The summed E-state index contributed by atoms with van der Waals surface area (Å²) in [6, 6.07) is 9.03. The van der Waals surface area contributed by atoms with Crippen LogP contribution in [0.4, 0.5) is 25.8 Å². The Labute approximate surface area is 119 Å². The molecule has 2 aromatic rings. The van der Waals surface area contributed by atoms with Gasteiger partial charge >= 0.3 is 0 Å². The first kappa shape index (κ1) is 13.9.